The molecule has 3 rings (SSSR count). The fraction of sp³-hybridized carbons (Fsp3) is 0.211. The molecule has 0 aliphatic rings. The van der Waals surface area contributed by atoms with Gasteiger partial charge in [-0.05, 0) is 30.3 Å². The molecule has 9 heteroatoms. The number of aliphatic hydroxyl groups excluding tert-OH is 1. The van der Waals surface area contributed by atoms with Crippen molar-refractivity contribution in [1.29, 1.82) is 0 Å². The van der Waals surface area contributed by atoms with E-state index in [0.29, 0.717) is 24.4 Å². The summed E-state index contributed by atoms with van der Waals surface area (Å²) in [5, 5.41) is 21.4. The Hall–Kier alpha value is -3.59. The first-order chi connectivity index (χ1) is 13.7. The van der Waals surface area contributed by atoms with Crippen LogP contribution in [0.5, 0.6) is 5.75 Å². The maximum atomic E-state index is 9.07. The number of hydrogen-bond donors (Lipinski definition) is 5. The Kier molecular flexibility index (Phi) is 6.42. The van der Waals surface area contributed by atoms with Gasteiger partial charge in [0.2, 0.25) is 17.8 Å². The highest BCUT2D eigenvalue weighted by molar-refractivity contribution is 5.63. The maximum absolute atomic E-state index is 9.07. The van der Waals surface area contributed by atoms with Gasteiger partial charge in [-0.3, -0.25) is 0 Å². The Morgan fingerprint density at radius 2 is 1.46 bits per heavy atom. The second-order valence-corrected chi connectivity index (χ2v) is 5.77. The van der Waals surface area contributed by atoms with E-state index < -0.39 is 0 Å². The molecule has 146 valence electrons. The monoisotopic (exact) mass is 381 g/mol. The minimum Gasteiger partial charge on any atom is -0.497 e. The lowest BCUT2D eigenvalue weighted by molar-refractivity contribution is 0.311. The SMILES string of the molecule is CNc1cccc(Nc2nc(NCCO)nc(Nc3cccc(OC)c3)n2)c1. The summed E-state index contributed by atoms with van der Waals surface area (Å²) >= 11 is 0. The predicted octanol–water partition coefficient (Wildman–Crippen LogP) is 2.81. The van der Waals surface area contributed by atoms with Crippen LogP contribution < -0.4 is 26.0 Å². The molecule has 0 amide bonds. The van der Waals surface area contributed by atoms with Gasteiger partial charge in [0.1, 0.15) is 5.75 Å². The maximum Gasteiger partial charge on any atom is 0.233 e. The van der Waals surface area contributed by atoms with Crippen molar-refractivity contribution < 1.29 is 9.84 Å². The summed E-state index contributed by atoms with van der Waals surface area (Å²) in [5.74, 6) is 1.80. The van der Waals surface area contributed by atoms with Gasteiger partial charge in [-0.25, -0.2) is 0 Å². The fourth-order valence-electron chi connectivity index (χ4n) is 2.45. The topological polar surface area (TPSA) is 116 Å². The number of benzene rings is 2. The number of methoxy groups -OCH3 is 1. The molecule has 1 aromatic heterocycles. The minimum atomic E-state index is -0.0305. The lowest BCUT2D eigenvalue weighted by Gasteiger charge is -2.12. The first kappa shape index (κ1) is 19.2. The van der Waals surface area contributed by atoms with E-state index in [0.717, 1.165) is 22.8 Å². The molecule has 0 aliphatic carbocycles. The number of rotatable bonds is 9. The third kappa shape index (κ3) is 5.21. The van der Waals surface area contributed by atoms with Gasteiger partial charge in [0.15, 0.2) is 0 Å². The average molecular weight is 381 g/mol. The quantitative estimate of drug-likeness (QED) is 0.381. The summed E-state index contributed by atoms with van der Waals surface area (Å²) in [6, 6.07) is 15.2. The second kappa shape index (κ2) is 9.38. The van der Waals surface area contributed by atoms with Crippen LogP contribution in [0.25, 0.3) is 0 Å². The normalized spacial score (nSPS) is 10.2. The van der Waals surface area contributed by atoms with Gasteiger partial charge in [-0.15, -0.1) is 0 Å². The number of anilines is 6. The molecule has 9 nitrogen and oxygen atoms in total. The Labute approximate surface area is 163 Å². The van der Waals surface area contributed by atoms with E-state index in [4.69, 9.17) is 9.84 Å². The predicted molar refractivity (Wildman–Crippen MR) is 111 cm³/mol. The minimum absolute atomic E-state index is 0.0305. The number of hydrogen-bond acceptors (Lipinski definition) is 9. The Morgan fingerprint density at radius 1 is 0.857 bits per heavy atom. The molecule has 2 aromatic carbocycles. The zero-order valence-corrected chi connectivity index (χ0v) is 15.7. The Balaban J connectivity index is 1.87. The van der Waals surface area contributed by atoms with E-state index >= 15 is 0 Å². The van der Waals surface area contributed by atoms with Crippen LogP contribution >= 0.6 is 0 Å². The third-order valence-corrected chi connectivity index (χ3v) is 3.76. The van der Waals surface area contributed by atoms with Gasteiger partial charge in [-0.2, -0.15) is 15.0 Å². The average Bonchev–Trinajstić information content (AvgIpc) is 2.72. The molecule has 0 aliphatic heterocycles. The summed E-state index contributed by atoms with van der Waals surface area (Å²) in [4.78, 5) is 13.1. The molecule has 0 bridgehead atoms. The molecule has 0 spiro atoms. The Bertz CT molecular complexity index is 853. The summed E-state index contributed by atoms with van der Waals surface area (Å²) in [6.07, 6.45) is 0. The highest BCUT2D eigenvalue weighted by Crippen LogP contribution is 2.22. The zero-order chi connectivity index (χ0) is 19.8. The van der Waals surface area contributed by atoms with Crippen LogP contribution in [-0.4, -0.2) is 47.4 Å². The highest BCUT2D eigenvalue weighted by atomic mass is 16.5. The smallest absolute Gasteiger partial charge is 0.233 e. The van der Waals surface area contributed by atoms with Crippen LogP contribution in [0.3, 0.4) is 0 Å². The van der Waals surface area contributed by atoms with Crippen molar-refractivity contribution in [3.63, 3.8) is 0 Å². The van der Waals surface area contributed by atoms with Crippen LogP contribution in [0.2, 0.25) is 0 Å². The van der Waals surface area contributed by atoms with Crippen LogP contribution in [0.1, 0.15) is 0 Å². The molecule has 3 aromatic rings. The lowest BCUT2D eigenvalue weighted by atomic mass is 10.3. The van der Waals surface area contributed by atoms with Crippen LogP contribution in [-0.2, 0) is 0 Å². The third-order valence-electron chi connectivity index (χ3n) is 3.76. The first-order valence-corrected chi connectivity index (χ1v) is 8.77. The summed E-state index contributed by atoms with van der Waals surface area (Å²) in [7, 11) is 3.47. The molecule has 0 fully saturated rings. The van der Waals surface area contributed by atoms with Gasteiger partial charge in [0.05, 0.1) is 13.7 Å². The van der Waals surface area contributed by atoms with E-state index in [1.807, 2.05) is 55.6 Å². The van der Waals surface area contributed by atoms with Gasteiger partial charge >= 0.3 is 0 Å². The summed E-state index contributed by atoms with van der Waals surface area (Å²) < 4.78 is 5.24. The van der Waals surface area contributed by atoms with Crippen molar-refractivity contribution in [3.05, 3.63) is 48.5 Å². The zero-order valence-electron chi connectivity index (χ0n) is 15.7. The first-order valence-electron chi connectivity index (χ1n) is 8.77. The van der Waals surface area contributed by atoms with Crippen molar-refractivity contribution in [3.8, 4) is 5.75 Å². The number of nitrogens with zero attached hydrogens (tertiary/aromatic N) is 3. The van der Waals surface area contributed by atoms with Gasteiger partial charge in [-0.1, -0.05) is 12.1 Å². The van der Waals surface area contributed by atoms with Crippen molar-refractivity contribution in [2.45, 2.75) is 0 Å². The molecule has 0 saturated carbocycles. The van der Waals surface area contributed by atoms with Crippen molar-refractivity contribution in [2.75, 3.05) is 48.6 Å². The highest BCUT2D eigenvalue weighted by Gasteiger charge is 2.08. The van der Waals surface area contributed by atoms with Crippen molar-refractivity contribution >= 4 is 34.9 Å². The van der Waals surface area contributed by atoms with Crippen LogP contribution in [0, 0.1) is 0 Å². The molecule has 0 radical (unpaired) electrons. The van der Waals surface area contributed by atoms with Gasteiger partial charge in [0.25, 0.3) is 0 Å². The Morgan fingerprint density at radius 3 is 2.11 bits per heavy atom. The summed E-state index contributed by atoms with van der Waals surface area (Å²) in [6.45, 7) is 0.300. The number of aromatic nitrogens is 3. The van der Waals surface area contributed by atoms with E-state index in [1.165, 1.54) is 0 Å². The molecular formula is C19H23N7O2. The van der Waals surface area contributed by atoms with E-state index in [9.17, 15) is 0 Å². The molecule has 1 heterocycles. The second-order valence-electron chi connectivity index (χ2n) is 5.77. The molecule has 28 heavy (non-hydrogen) atoms. The fourth-order valence-corrected chi connectivity index (χ4v) is 2.45. The van der Waals surface area contributed by atoms with E-state index in [2.05, 4.69) is 36.2 Å². The largest absolute Gasteiger partial charge is 0.497 e. The standard InChI is InChI=1S/C19H23N7O2/c1-20-13-5-3-6-14(11-13)22-18-24-17(21-9-10-27)25-19(26-18)23-15-7-4-8-16(12-15)28-2/h3-8,11-12,20,27H,9-10H2,1-2H3,(H3,21,22,23,24,25,26). The van der Waals surface area contributed by atoms with Crippen molar-refractivity contribution in [2.24, 2.45) is 0 Å². The molecule has 0 atom stereocenters. The lowest BCUT2D eigenvalue weighted by Crippen LogP contribution is -2.12. The summed E-state index contributed by atoms with van der Waals surface area (Å²) in [5.41, 5.74) is 2.58. The van der Waals surface area contributed by atoms with Gasteiger partial charge < -0.3 is 31.1 Å². The van der Waals surface area contributed by atoms with E-state index in [1.54, 1.807) is 7.11 Å². The molecule has 5 N–H and O–H groups in total. The van der Waals surface area contributed by atoms with Crippen molar-refractivity contribution in [1.82, 2.24) is 15.0 Å². The van der Waals surface area contributed by atoms with Gasteiger partial charge in [0, 0.05) is 36.7 Å². The molecular weight excluding hydrogens is 358 g/mol. The number of nitrogens with one attached hydrogen (secondary N) is 4. The van der Waals surface area contributed by atoms with Crippen LogP contribution in [0.15, 0.2) is 48.5 Å². The van der Waals surface area contributed by atoms with Crippen LogP contribution in [0.4, 0.5) is 34.9 Å². The molecule has 0 unspecified atom stereocenters. The number of aliphatic hydroxyl groups is 1. The molecule has 0 saturated heterocycles. The van der Waals surface area contributed by atoms with E-state index in [-0.39, 0.29) is 6.61 Å². The number of ether oxygens (including phenoxy) is 1.